The maximum Gasteiger partial charge on any atom is 0.251 e. The van der Waals surface area contributed by atoms with Gasteiger partial charge in [0.05, 0.1) is 17.1 Å². The number of anilines is 1. The van der Waals surface area contributed by atoms with Crippen LogP contribution in [0.3, 0.4) is 0 Å². The van der Waals surface area contributed by atoms with E-state index in [9.17, 15) is 4.79 Å². The number of carbonyl (C=O) groups excluding carboxylic acids is 1. The Morgan fingerprint density at radius 3 is 2.30 bits per heavy atom. The fraction of sp³-hybridized carbons (Fsp3) is 0.200. The van der Waals surface area contributed by atoms with Gasteiger partial charge >= 0.3 is 0 Å². The Balaban J connectivity index is 1.61. The standard InChI is InChI=1S/C25H26N4O/c1-28(2)20-15-13-19(14-16-20)25(30)27-22(18-9-5-4-6-10-18)17-24-26-21-11-7-8-12-23(21)29(24)3/h4-16,22H,17H2,1-3H3,(H,27,30)/t22-/m0/s1. The Labute approximate surface area is 177 Å². The number of para-hydroxylation sites is 2. The van der Waals surface area contributed by atoms with Crippen LogP contribution >= 0.6 is 0 Å². The lowest BCUT2D eigenvalue weighted by molar-refractivity contribution is 0.0936. The van der Waals surface area contributed by atoms with Crippen molar-refractivity contribution >= 4 is 22.6 Å². The summed E-state index contributed by atoms with van der Waals surface area (Å²) in [6.07, 6.45) is 0.608. The largest absolute Gasteiger partial charge is 0.378 e. The first-order chi connectivity index (χ1) is 14.5. The monoisotopic (exact) mass is 398 g/mol. The molecule has 5 nitrogen and oxygen atoms in total. The Hall–Kier alpha value is -3.60. The first kappa shape index (κ1) is 19.7. The van der Waals surface area contributed by atoms with Crippen LogP contribution in [0.5, 0.6) is 0 Å². The summed E-state index contributed by atoms with van der Waals surface area (Å²) in [4.78, 5) is 19.8. The van der Waals surface area contributed by atoms with Gasteiger partial charge in [0.15, 0.2) is 0 Å². The second-order valence-electron chi connectivity index (χ2n) is 7.66. The third-order valence-corrected chi connectivity index (χ3v) is 5.42. The quantitative estimate of drug-likeness (QED) is 0.525. The number of hydrogen-bond donors (Lipinski definition) is 1. The van der Waals surface area contributed by atoms with E-state index in [1.807, 2.05) is 98.8 Å². The molecule has 0 aliphatic heterocycles. The van der Waals surface area contributed by atoms with Crippen LogP contribution in [0.15, 0.2) is 78.9 Å². The number of fused-ring (bicyclic) bond motifs is 1. The van der Waals surface area contributed by atoms with E-state index in [-0.39, 0.29) is 11.9 Å². The molecule has 0 spiro atoms. The lowest BCUT2D eigenvalue weighted by Gasteiger charge is -2.20. The number of benzene rings is 3. The average molecular weight is 399 g/mol. The lowest BCUT2D eigenvalue weighted by atomic mass is 10.0. The Morgan fingerprint density at radius 2 is 1.63 bits per heavy atom. The predicted molar refractivity (Wildman–Crippen MR) is 122 cm³/mol. The predicted octanol–water partition coefficient (Wildman–Crippen LogP) is 4.35. The van der Waals surface area contributed by atoms with Gasteiger partial charge in [-0.15, -0.1) is 0 Å². The highest BCUT2D eigenvalue weighted by atomic mass is 16.1. The summed E-state index contributed by atoms with van der Waals surface area (Å²) < 4.78 is 2.10. The van der Waals surface area contributed by atoms with Crippen molar-refractivity contribution < 1.29 is 4.79 Å². The van der Waals surface area contributed by atoms with Crippen LogP contribution in [0.2, 0.25) is 0 Å². The fourth-order valence-corrected chi connectivity index (χ4v) is 3.65. The number of nitrogens with one attached hydrogen (secondary N) is 1. The van der Waals surface area contributed by atoms with Gasteiger partial charge in [0.1, 0.15) is 5.82 Å². The first-order valence-electron chi connectivity index (χ1n) is 10.1. The summed E-state index contributed by atoms with van der Waals surface area (Å²) in [7, 11) is 5.99. The van der Waals surface area contributed by atoms with E-state index in [0.717, 1.165) is 28.1 Å². The third-order valence-electron chi connectivity index (χ3n) is 5.42. The molecule has 3 aromatic carbocycles. The van der Waals surface area contributed by atoms with Gasteiger partial charge in [-0.25, -0.2) is 4.98 Å². The Kier molecular flexibility index (Phi) is 5.53. The summed E-state index contributed by atoms with van der Waals surface area (Å²) in [5.74, 6) is 0.848. The van der Waals surface area contributed by atoms with Crippen LogP contribution in [0, 0.1) is 0 Å². The molecule has 0 bridgehead atoms. The van der Waals surface area contributed by atoms with Crippen molar-refractivity contribution in [1.82, 2.24) is 14.9 Å². The smallest absolute Gasteiger partial charge is 0.251 e. The summed E-state index contributed by atoms with van der Waals surface area (Å²) in [5.41, 5.74) is 4.82. The number of aromatic nitrogens is 2. The number of amides is 1. The zero-order valence-electron chi connectivity index (χ0n) is 17.5. The maximum absolute atomic E-state index is 13.0. The van der Waals surface area contributed by atoms with Crippen molar-refractivity contribution in [3.8, 4) is 0 Å². The molecule has 1 atom stereocenters. The normalized spacial score (nSPS) is 12.0. The molecule has 30 heavy (non-hydrogen) atoms. The first-order valence-corrected chi connectivity index (χ1v) is 10.1. The molecule has 152 valence electrons. The number of carbonyl (C=O) groups is 1. The Bertz CT molecular complexity index is 1150. The van der Waals surface area contributed by atoms with E-state index in [0.29, 0.717) is 12.0 Å². The van der Waals surface area contributed by atoms with Crippen LogP contribution in [0.4, 0.5) is 5.69 Å². The van der Waals surface area contributed by atoms with E-state index < -0.39 is 0 Å². The van der Waals surface area contributed by atoms with Crippen molar-refractivity contribution in [2.24, 2.45) is 7.05 Å². The van der Waals surface area contributed by atoms with Crippen LogP contribution in [0.25, 0.3) is 11.0 Å². The van der Waals surface area contributed by atoms with Gasteiger partial charge in [0.25, 0.3) is 5.91 Å². The van der Waals surface area contributed by atoms with Crippen LogP contribution < -0.4 is 10.2 Å². The van der Waals surface area contributed by atoms with Gasteiger partial charge in [-0.05, 0) is 42.0 Å². The maximum atomic E-state index is 13.0. The number of rotatable bonds is 6. The third kappa shape index (κ3) is 4.06. The summed E-state index contributed by atoms with van der Waals surface area (Å²) in [6.45, 7) is 0. The highest BCUT2D eigenvalue weighted by Gasteiger charge is 2.19. The molecule has 0 saturated heterocycles. The van der Waals surface area contributed by atoms with E-state index in [4.69, 9.17) is 4.98 Å². The van der Waals surface area contributed by atoms with Gasteiger partial charge in [-0.3, -0.25) is 4.79 Å². The number of imidazole rings is 1. The Morgan fingerprint density at radius 1 is 0.967 bits per heavy atom. The molecule has 0 aliphatic carbocycles. The molecule has 0 radical (unpaired) electrons. The minimum absolute atomic E-state index is 0.0899. The van der Waals surface area contributed by atoms with Crippen LogP contribution in [-0.4, -0.2) is 29.6 Å². The zero-order valence-corrected chi connectivity index (χ0v) is 17.5. The van der Waals surface area contributed by atoms with E-state index in [2.05, 4.69) is 16.0 Å². The van der Waals surface area contributed by atoms with Crippen LogP contribution in [0.1, 0.15) is 27.8 Å². The van der Waals surface area contributed by atoms with E-state index in [1.54, 1.807) is 0 Å². The molecular weight excluding hydrogens is 372 g/mol. The van der Waals surface area contributed by atoms with Crippen molar-refractivity contribution in [2.75, 3.05) is 19.0 Å². The number of aryl methyl sites for hydroxylation is 1. The molecule has 0 aliphatic rings. The highest BCUT2D eigenvalue weighted by molar-refractivity contribution is 5.94. The fourth-order valence-electron chi connectivity index (χ4n) is 3.65. The van der Waals surface area contributed by atoms with Gasteiger partial charge in [-0.2, -0.15) is 0 Å². The minimum Gasteiger partial charge on any atom is -0.378 e. The second-order valence-corrected chi connectivity index (χ2v) is 7.66. The number of hydrogen-bond acceptors (Lipinski definition) is 3. The van der Waals surface area contributed by atoms with Gasteiger partial charge in [0, 0.05) is 38.8 Å². The molecule has 1 N–H and O–H groups in total. The second kappa shape index (κ2) is 8.41. The number of nitrogens with zero attached hydrogens (tertiary/aromatic N) is 3. The topological polar surface area (TPSA) is 50.2 Å². The molecule has 4 aromatic rings. The average Bonchev–Trinajstić information content (AvgIpc) is 3.09. The molecule has 0 unspecified atom stereocenters. The molecule has 1 aromatic heterocycles. The van der Waals surface area contributed by atoms with Gasteiger partial charge in [-0.1, -0.05) is 42.5 Å². The summed E-state index contributed by atoms with van der Waals surface area (Å²) in [6, 6.07) is 25.6. The zero-order chi connectivity index (χ0) is 21.1. The van der Waals surface area contributed by atoms with Crippen molar-refractivity contribution in [3.05, 3.63) is 95.8 Å². The van der Waals surface area contributed by atoms with Crippen molar-refractivity contribution in [1.29, 1.82) is 0 Å². The van der Waals surface area contributed by atoms with Crippen LogP contribution in [-0.2, 0) is 13.5 Å². The van der Waals surface area contributed by atoms with E-state index >= 15 is 0 Å². The molecule has 0 saturated carbocycles. The highest BCUT2D eigenvalue weighted by Crippen LogP contribution is 2.22. The van der Waals surface area contributed by atoms with Crippen molar-refractivity contribution in [3.63, 3.8) is 0 Å². The molecule has 1 heterocycles. The molecular formula is C25H26N4O. The molecule has 5 heteroatoms. The molecule has 4 rings (SSSR count). The molecule has 1 amide bonds. The summed E-state index contributed by atoms with van der Waals surface area (Å²) in [5, 5.41) is 3.21. The van der Waals surface area contributed by atoms with Gasteiger partial charge < -0.3 is 14.8 Å². The SMILES string of the molecule is CN(C)c1ccc(C(=O)N[C@@H](Cc2nc3ccccc3n2C)c2ccccc2)cc1. The van der Waals surface area contributed by atoms with Gasteiger partial charge in [0.2, 0.25) is 0 Å². The minimum atomic E-state index is -0.178. The molecule has 0 fully saturated rings. The summed E-state index contributed by atoms with van der Waals surface area (Å²) >= 11 is 0. The van der Waals surface area contributed by atoms with E-state index in [1.165, 1.54) is 0 Å². The lowest BCUT2D eigenvalue weighted by Crippen LogP contribution is -2.30. The van der Waals surface area contributed by atoms with Crippen molar-refractivity contribution in [2.45, 2.75) is 12.5 Å².